The summed E-state index contributed by atoms with van der Waals surface area (Å²) in [6, 6.07) is 4.04. The van der Waals surface area contributed by atoms with E-state index in [1.807, 2.05) is 0 Å². The van der Waals surface area contributed by atoms with Crippen molar-refractivity contribution in [3.8, 4) is 0 Å². The number of pyridine rings is 1. The van der Waals surface area contributed by atoms with Crippen LogP contribution in [0.15, 0.2) is 60.5 Å². The van der Waals surface area contributed by atoms with Crippen LogP contribution in [0.3, 0.4) is 0 Å². The Hall–Kier alpha value is -4.61. The normalized spacial score (nSPS) is 17.9. The molecule has 1 aliphatic rings. The molecule has 4 heterocycles. The molecule has 11 nitrogen and oxygen atoms in total. The summed E-state index contributed by atoms with van der Waals surface area (Å²) in [7, 11) is 0. The van der Waals surface area contributed by atoms with Crippen molar-refractivity contribution in [2.75, 3.05) is 11.9 Å². The highest BCUT2D eigenvalue weighted by molar-refractivity contribution is 6.46. The van der Waals surface area contributed by atoms with Crippen LogP contribution >= 0.6 is 0 Å². The number of carbonyl (C=O) groups excluding carboxylic acids is 3. The van der Waals surface area contributed by atoms with Gasteiger partial charge >= 0.3 is 0 Å². The van der Waals surface area contributed by atoms with Gasteiger partial charge in [0.2, 0.25) is 11.7 Å². The number of halogens is 1. The summed E-state index contributed by atoms with van der Waals surface area (Å²) in [4.78, 5) is 48.1. The number of rotatable bonds is 9. The number of allylic oxidation sites excluding steroid dienone is 2. The Balaban J connectivity index is 1.62. The lowest BCUT2D eigenvalue weighted by atomic mass is 10.0. The number of hydrogen-bond acceptors (Lipinski definition) is 9. The third-order valence-corrected chi connectivity index (χ3v) is 5.76. The molecule has 12 heteroatoms. The fraction of sp³-hybridized carbons (Fsp3) is 0.280. The number of amides is 1. The Bertz CT molecular complexity index is 1420. The highest BCUT2D eigenvalue weighted by Crippen LogP contribution is 2.25. The number of likely N-dealkylation sites (tertiary alicyclic amines) is 1. The van der Waals surface area contributed by atoms with Gasteiger partial charge in [0.1, 0.15) is 29.9 Å². The number of alkyl halides is 1. The van der Waals surface area contributed by atoms with Gasteiger partial charge in [-0.3, -0.25) is 24.1 Å². The van der Waals surface area contributed by atoms with E-state index in [1.54, 1.807) is 31.2 Å². The maximum atomic E-state index is 14.4. The van der Waals surface area contributed by atoms with Gasteiger partial charge in [-0.15, -0.1) is 5.10 Å². The molecule has 1 N–H and O–H groups in total. The molecule has 3 aromatic rings. The summed E-state index contributed by atoms with van der Waals surface area (Å²) in [6.45, 7) is 6.06. The molecule has 0 unspecified atom stereocenters. The van der Waals surface area contributed by atoms with Gasteiger partial charge < -0.3 is 10.2 Å². The Kier molecular flexibility index (Phi) is 7.56. The zero-order valence-electron chi connectivity index (χ0n) is 20.3. The fourth-order valence-corrected chi connectivity index (χ4v) is 4.16. The molecular formula is C25H25FN8O3. The Morgan fingerprint density at radius 1 is 1.32 bits per heavy atom. The molecular weight excluding hydrogens is 479 g/mol. The van der Waals surface area contributed by atoms with Crippen molar-refractivity contribution < 1.29 is 18.8 Å². The molecule has 0 saturated carbocycles. The summed E-state index contributed by atoms with van der Waals surface area (Å²) in [5, 5.41) is 15.6. The number of nitrogens with zero attached hydrogens (tertiary/aromatic N) is 7. The third-order valence-electron chi connectivity index (χ3n) is 5.76. The van der Waals surface area contributed by atoms with Gasteiger partial charge in [0, 0.05) is 31.1 Å². The smallest absolute Gasteiger partial charge is 0.245 e. The van der Waals surface area contributed by atoms with E-state index in [2.05, 4.69) is 37.2 Å². The van der Waals surface area contributed by atoms with Gasteiger partial charge in [-0.2, -0.15) is 10.2 Å². The number of nitrogens with one attached hydrogen (secondary N) is 1. The van der Waals surface area contributed by atoms with E-state index in [-0.39, 0.29) is 36.7 Å². The van der Waals surface area contributed by atoms with Crippen LogP contribution in [0, 0.1) is 0 Å². The van der Waals surface area contributed by atoms with Crippen molar-refractivity contribution in [2.45, 2.75) is 39.0 Å². The largest absolute Gasteiger partial charge is 0.328 e. The van der Waals surface area contributed by atoms with Crippen molar-refractivity contribution in [1.82, 2.24) is 29.9 Å². The summed E-state index contributed by atoms with van der Waals surface area (Å²) in [5.41, 5.74) is 0.674. The molecule has 1 saturated heterocycles. The number of ketones is 2. The Labute approximate surface area is 211 Å². The number of aromatic nitrogens is 5. The monoisotopic (exact) mass is 504 g/mol. The van der Waals surface area contributed by atoms with Crippen molar-refractivity contribution in [1.29, 1.82) is 0 Å². The van der Waals surface area contributed by atoms with E-state index in [0.29, 0.717) is 22.5 Å². The second-order valence-electron chi connectivity index (χ2n) is 8.34. The van der Waals surface area contributed by atoms with Gasteiger partial charge in [-0.1, -0.05) is 12.7 Å². The van der Waals surface area contributed by atoms with Gasteiger partial charge in [0.15, 0.2) is 11.6 Å². The lowest BCUT2D eigenvalue weighted by molar-refractivity contribution is -0.136. The van der Waals surface area contributed by atoms with Crippen LogP contribution in [0.5, 0.6) is 0 Å². The van der Waals surface area contributed by atoms with Crippen LogP contribution in [0.25, 0.3) is 10.9 Å². The zero-order valence-corrected chi connectivity index (χ0v) is 20.3. The fourth-order valence-electron chi connectivity index (χ4n) is 4.16. The van der Waals surface area contributed by atoms with Crippen LogP contribution in [0.2, 0.25) is 0 Å². The quantitative estimate of drug-likeness (QED) is 0.347. The molecule has 37 heavy (non-hydrogen) atoms. The minimum absolute atomic E-state index is 0.0881. The molecule has 0 aromatic carbocycles. The molecule has 0 radical (unpaired) electrons. The predicted octanol–water partition coefficient (Wildman–Crippen LogP) is 2.84. The second-order valence-corrected chi connectivity index (χ2v) is 8.34. The second kappa shape index (κ2) is 11.0. The van der Waals surface area contributed by atoms with Crippen molar-refractivity contribution in [2.24, 2.45) is 4.99 Å². The summed E-state index contributed by atoms with van der Waals surface area (Å²) in [6.07, 6.45) is 5.88. The summed E-state index contributed by atoms with van der Waals surface area (Å²) in [5.74, 6) is -0.419. The summed E-state index contributed by atoms with van der Waals surface area (Å²) < 4.78 is 15.7. The number of aliphatic imine (C=N–C) groups is 1. The van der Waals surface area contributed by atoms with E-state index >= 15 is 0 Å². The number of anilines is 2. The highest BCUT2D eigenvalue weighted by atomic mass is 19.1. The van der Waals surface area contributed by atoms with E-state index in [1.165, 1.54) is 41.2 Å². The first-order valence-corrected chi connectivity index (χ1v) is 11.5. The molecule has 2 atom stereocenters. The lowest BCUT2D eigenvalue weighted by Crippen LogP contribution is -2.44. The van der Waals surface area contributed by atoms with Crippen LogP contribution in [-0.4, -0.2) is 71.8 Å². The average Bonchev–Trinajstić information content (AvgIpc) is 3.44. The standard InChI is InChI=1S/C25H25FN8O3/c1-4-7-18(27-5-2)25(37)19-10-16(26)13-33(19)23(36)14-34-20-12-28-22(30-21-8-6-9-29-31-21)11-17(20)24(32-34)15(3)35/h4-9,11-12,16,19H,2,10,13-14H2,1,3H3,(H,28,30,31)/b7-4-,27-18?/t16-,19+/m1/s1. The number of carbonyl (C=O) groups is 3. The van der Waals surface area contributed by atoms with Crippen LogP contribution < -0.4 is 5.32 Å². The van der Waals surface area contributed by atoms with E-state index < -0.39 is 23.9 Å². The first kappa shape index (κ1) is 25.5. The maximum absolute atomic E-state index is 14.4. The first-order valence-electron chi connectivity index (χ1n) is 11.5. The number of Topliss-reactive ketones (excluding diaryl/α,β-unsaturated/α-hetero) is 2. The summed E-state index contributed by atoms with van der Waals surface area (Å²) >= 11 is 0. The van der Waals surface area contributed by atoms with E-state index in [9.17, 15) is 18.8 Å². The van der Waals surface area contributed by atoms with Crippen LogP contribution in [0.4, 0.5) is 16.0 Å². The van der Waals surface area contributed by atoms with Crippen LogP contribution in [-0.2, 0) is 16.1 Å². The van der Waals surface area contributed by atoms with E-state index in [4.69, 9.17) is 0 Å². The Morgan fingerprint density at radius 3 is 2.81 bits per heavy atom. The molecule has 1 fully saturated rings. The SMILES string of the molecule is C=CN=C(/C=C\C)C(=O)[C@@H]1C[C@@H](F)CN1C(=O)Cn1nc(C(C)=O)c2cc(Nc3cccnn3)ncc21. The number of hydrogen-bond donors (Lipinski definition) is 1. The first-order chi connectivity index (χ1) is 17.8. The minimum atomic E-state index is -1.35. The minimum Gasteiger partial charge on any atom is -0.328 e. The molecule has 190 valence electrons. The molecule has 3 aromatic heterocycles. The average molecular weight is 505 g/mol. The molecule has 0 aliphatic carbocycles. The van der Waals surface area contributed by atoms with Crippen molar-refractivity contribution in [3.63, 3.8) is 0 Å². The third kappa shape index (κ3) is 5.47. The predicted molar refractivity (Wildman–Crippen MR) is 135 cm³/mol. The zero-order chi connectivity index (χ0) is 26.5. The lowest BCUT2D eigenvalue weighted by Gasteiger charge is -2.23. The van der Waals surface area contributed by atoms with Crippen LogP contribution in [0.1, 0.15) is 30.8 Å². The van der Waals surface area contributed by atoms with Crippen molar-refractivity contribution >= 4 is 45.7 Å². The Morgan fingerprint density at radius 2 is 2.14 bits per heavy atom. The molecule has 1 amide bonds. The van der Waals surface area contributed by atoms with Gasteiger partial charge in [0.25, 0.3) is 0 Å². The molecule has 0 spiro atoms. The van der Waals surface area contributed by atoms with Gasteiger partial charge in [-0.05, 0) is 31.2 Å². The molecule has 0 bridgehead atoms. The van der Waals surface area contributed by atoms with Gasteiger partial charge in [0.05, 0.1) is 24.3 Å². The molecule has 4 rings (SSSR count). The molecule has 1 aliphatic heterocycles. The number of fused-ring (bicyclic) bond motifs is 1. The van der Waals surface area contributed by atoms with Gasteiger partial charge in [-0.25, -0.2) is 9.37 Å². The highest BCUT2D eigenvalue weighted by Gasteiger charge is 2.41. The van der Waals surface area contributed by atoms with E-state index in [0.717, 1.165) is 0 Å². The maximum Gasteiger partial charge on any atom is 0.245 e. The topological polar surface area (TPSA) is 135 Å². The van der Waals surface area contributed by atoms with Crippen molar-refractivity contribution in [3.05, 3.63) is 61.2 Å².